The number of nitrogens with zero attached hydrogens (tertiary/aromatic N) is 1. The molecule has 0 amide bonds. The lowest BCUT2D eigenvalue weighted by Crippen LogP contribution is -2.17. The van der Waals surface area contributed by atoms with Crippen LogP contribution in [0.1, 0.15) is 32.3 Å². The van der Waals surface area contributed by atoms with Crippen molar-refractivity contribution >= 4 is 17.4 Å². The van der Waals surface area contributed by atoms with Crippen molar-refractivity contribution in [3.8, 4) is 6.07 Å². The van der Waals surface area contributed by atoms with Gasteiger partial charge in [-0.25, -0.2) is 0 Å². The van der Waals surface area contributed by atoms with Crippen LogP contribution in [0.2, 0.25) is 0 Å². The van der Waals surface area contributed by atoms with Crippen LogP contribution in [0.5, 0.6) is 0 Å². The molecule has 1 N–H and O–H groups in total. The number of nitrogens with one attached hydrogen (secondary N) is 1. The maximum absolute atomic E-state index is 9.19. The Morgan fingerprint density at radius 2 is 2.06 bits per heavy atom. The first-order valence-electron chi connectivity index (χ1n) is 5.60. The maximum Gasteiger partial charge on any atom is 0.102 e. The molecule has 0 saturated carbocycles. The van der Waals surface area contributed by atoms with Crippen LogP contribution >= 0.6 is 11.8 Å². The Morgan fingerprint density at radius 3 is 2.56 bits per heavy atom. The second-order valence-corrected chi connectivity index (χ2v) is 4.50. The second-order valence-electron chi connectivity index (χ2n) is 3.65. The molecule has 0 atom stereocenters. The molecular formula is C13H18N2S. The molecule has 0 aliphatic carbocycles. The van der Waals surface area contributed by atoms with Gasteiger partial charge in [-0.05, 0) is 31.2 Å². The molecule has 0 radical (unpaired) electrons. The molecule has 0 saturated heterocycles. The summed E-state index contributed by atoms with van der Waals surface area (Å²) in [4.78, 5) is 1.04. The monoisotopic (exact) mass is 234 g/mol. The summed E-state index contributed by atoms with van der Waals surface area (Å²) in [5, 5.41) is 12.6. The highest BCUT2D eigenvalue weighted by Crippen LogP contribution is 2.27. The molecule has 0 bridgehead atoms. The van der Waals surface area contributed by atoms with Crippen LogP contribution in [0.25, 0.3) is 0 Å². The van der Waals surface area contributed by atoms with Crippen molar-refractivity contribution in [2.45, 2.75) is 37.6 Å². The standard InChI is InChI=1S/C13H18N2S/c1-4-10(5-2)15-12-7-6-8-13(16-3)11(12)9-14/h6-8,10,15H,4-5H2,1-3H3. The third-order valence-electron chi connectivity index (χ3n) is 2.70. The minimum absolute atomic E-state index is 0.448. The maximum atomic E-state index is 9.19. The summed E-state index contributed by atoms with van der Waals surface area (Å²) in [5.74, 6) is 0. The number of rotatable bonds is 5. The van der Waals surface area contributed by atoms with Gasteiger partial charge < -0.3 is 5.32 Å². The molecule has 86 valence electrons. The van der Waals surface area contributed by atoms with Gasteiger partial charge in [0, 0.05) is 10.9 Å². The Labute approximate surface area is 102 Å². The van der Waals surface area contributed by atoms with E-state index in [-0.39, 0.29) is 0 Å². The van der Waals surface area contributed by atoms with Gasteiger partial charge in [-0.3, -0.25) is 0 Å². The molecule has 0 fully saturated rings. The van der Waals surface area contributed by atoms with E-state index in [4.69, 9.17) is 0 Å². The Balaban J connectivity index is 3.00. The van der Waals surface area contributed by atoms with E-state index in [1.54, 1.807) is 11.8 Å². The van der Waals surface area contributed by atoms with E-state index in [0.717, 1.165) is 29.0 Å². The zero-order valence-corrected chi connectivity index (χ0v) is 10.9. The molecule has 0 unspecified atom stereocenters. The third-order valence-corrected chi connectivity index (χ3v) is 3.48. The van der Waals surface area contributed by atoms with Gasteiger partial charge in [0.05, 0.1) is 11.3 Å². The van der Waals surface area contributed by atoms with Crippen LogP contribution in [0, 0.1) is 11.3 Å². The van der Waals surface area contributed by atoms with Crippen LogP contribution in [0.4, 0.5) is 5.69 Å². The number of hydrogen-bond acceptors (Lipinski definition) is 3. The minimum atomic E-state index is 0.448. The Hall–Kier alpha value is -1.14. The van der Waals surface area contributed by atoms with E-state index in [1.807, 2.05) is 24.5 Å². The van der Waals surface area contributed by atoms with E-state index < -0.39 is 0 Å². The van der Waals surface area contributed by atoms with Crippen molar-refractivity contribution in [1.82, 2.24) is 0 Å². The summed E-state index contributed by atoms with van der Waals surface area (Å²) in [6.45, 7) is 4.32. The summed E-state index contributed by atoms with van der Waals surface area (Å²) < 4.78 is 0. The lowest BCUT2D eigenvalue weighted by Gasteiger charge is -2.18. The van der Waals surface area contributed by atoms with Gasteiger partial charge >= 0.3 is 0 Å². The molecule has 0 aromatic heterocycles. The average molecular weight is 234 g/mol. The van der Waals surface area contributed by atoms with Crippen LogP contribution in [-0.4, -0.2) is 12.3 Å². The fourth-order valence-electron chi connectivity index (χ4n) is 1.65. The van der Waals surface area contributed by atoms with Crippen LogP contribution < -0.4 is 5.32 Å². The van der Waals surface area contributed by atoms with Crippen molar-refractivity contribution in [3.63, 3.8) is 0 Å². The highest BCUT2D eigenvalue weighted by molar-refractivity contribution is 7.98. The zero-order chi connectivity index (χ0) is 12.0. The molecule has 1 aromatic rings. The van der Waals surface area contributed by atoms with E-state index in [2.05, 4.69) is 25.2 Å². The van der Waals surface area contributed by atoms with E-state index in [0.29, 0.717) is 6.04 Å². The van der Waals surface area contributed by atoms with E-state index in [9.17, 15) is 5.26 Å². The number of hydrogen-bond donors (Lipinski definition) is 1. The quantitative estimate of drug-likeness (QED) is 0.785. The lowest BCUT2D eigenvalue weighted by atomic mass is 10.1. The van der Waals surface area contributed by atoms with Gasteiger partial charge in [-0.2, -0.15) is 5.26 Å². The number of thioether (sulfide) groups is 1. The first-order valence-corrected chi connectivity index (χ1v) is 6.82. The van der Waals surface area contributed by atoms with Gasteiger partial charge in [-0.1, -0.05) is 19.9 Å². The highest BCUT2D eigenvalue weighted by atomic mass is 32.2. The van der Waals surface area contributed by atoms with Crippen LogP contribution in [0.15, 0.2) is 23.1 Å². The fraction of sp³-hybridized carbons (Fsp3) is 0.462. The largest absolute Gasteiger partial charge is 0.381 e. The van der Waals surface area contributed by atoms with E-state index >= 15 is 0 Å². The summed E-state index contributed by atoms with van der Waals surface area (Å²) in [6.07, 6.45) is 4.15. The Bertz CT molecular complexity index is 378. The second kappa shape index (κ2) is 6.44. The molecule has 3 heteroatoms. The van der Waals surface area contributed by atoms with Crippen LogP contribution in [0.3, 0.4) is 0 Å². The molecule has 0 aliphatic heterocycles. The molecule has 16 heavy (non-hydrogen) atoms. The SMILES string of the molecule is CCC(CC)Nc1cccc(SC)c1C#N. The topological polar surface area (TPSA) is 35.8 Å². The predicted molar refractivity (Wildman–Crippen MR) is 70.9 cm³/mol. The van der Waals surface area contributed by atoms with Crippen molar-refractivity contribution in [2.75, 3.05) is 11.6 Å². The smallest absolute Gasteiger partial charge is 0.102 e. The van der Waals surface area contributed by atoms with E-state index in [1.165, 1.54) is 0 Å². The number of nitriles is 1. The average Bonchev–Trinajstić information content (AvgIpc) is 2.35. The normalized spacial score (nSPS) is 10.2. The Kier molecular flexibility index (Phi) is 5.21. The molecule has 0 aliphatic rings. The van der Waals surface area contributed by atoms with Crippen molar-refractivity contribution in [3.05, 3.63) is 23.8 Å². The zero-order valence-electron chi connectivity index (χ0n) is 10.1. The summed E-state index contributed by atoms with van der Waals surface area (Å²) in [7, 11) is 0. The fourth-order valence-corrected chi connectivity index (χ4v) is 2.22. The van der Waals surface area contributed by atoms with Gasteiger partial charge in [0.2, 0.25) is 0 Å². The first-order chi connectivity index (χ1) is 7.76. The van der Waals surface area contributed by atoms with Gasteiger partial charge in [0.15, 0.2) is 0 Å². The first kappa shape index (κ1) is 12.9. The van der Waals surface area contributed by atoms with Crippen molar-refractivity contribution in [2.24, 2.45) is 0 Å². The summed E-state index contributed by atoms with van der Waals surface area (Å²) in [6, 6.07) is 8.70. The van der Waals surface area contributed by atoms with Crippen molar-refractivity contribution in [1.29, 1.82) is 5.26 Å². The van der Waals surface area contributed by atoms with Crippen molar-refractivity contribution < 1.29 is 0 Å². The highest BCUT2D eigenvalue weighted by Gasteiger charge is 2.10. The molecule has 0 spiro atoms. The molecule has 2 nitrogen and oxygen atoms in total. The van der Waals surface area contributed by atoms with Gasteiger partial charge in [-0.15, -0.1) is 11.8 Å². The number of benzene rings is 1. The lowest BCUT2D eigenvalue weighted by molar-refractivity contribution is 0.671. The summed E-state index contributed by atoms with van der Waals surface area (Å²) >= 11 is 1.61. The molecule has 1 rings (SSSR count). The summed E-state index contributed by atoms with van der Waals surface area (Å²) in [5.41, 5.74) is 1.73. The Morgan fingerprint density at radius 1 is 1.38 bits per heavy atom. The molecule has 1 aromatic carbocycles. The minimum Gasteiger partial charge on any atom is -0.381 e. The molecule has 0 heterocycles. The van der Waals surface area contributed by atoms with Gasteiger partial charge in [0.1, 0.15) is 6.07 Å². The van der Waals surface area contributed by atoms with Gasteiger partial charge in [0.25, 0.3) is 0 Å². The number of anilines is 1. The third kappa shape index (κ3) is 2.93. The van der Waals surface area contributed by atoms with Crippen LogP contribution in [-0.2, 0) is 0 Å². The molecular weight excluding hydrogens is 216 g/mol. The predicted octanol–water partition coefficient (Wildman–Crippen LogP) is 3.88.